The number of hydrogen-bond acceptors (Lipinski definition) is 3. The van der Waals surface area contributed by atoms with Gasteiger partial charge in [0.1, 0.15) is 5.75 Å². The van der Waals surface area contributed by atoms with E-state index in [9.17, 15) is 18.0 Å². The third-order valence-electron chi connectivity index (χ3n) is 3.05. The van der Waals surface area contributed by atoms with Crippen LogP contribution in [0.4, 0.5) is 13.2 Å². The Kier molecular flexibility index (Phi) is 5.57. The van der Waals surface area contributed by atoms with Crippen LogP contribution >= 0.6 is 0 Å². The van der Waals surface area contributed by atoms with E-state index in [2.05, 4.69) is 10.5 Å². The molecule has 0 unspecified atom stereocenters. The van der Waals surface area contributed by atoms with Gasteiger partial charge in [-0.3, -0.25) is 4.79 Å². The quantitative estimate of drug-likeness (QED) is 0.666. The monoisotopic (exact) mass is 336 g/mol. The zero-order valence-electron chi connectivity index (χ0n) is 12.8. The first kappa shape index (κ1) is 17.5. The fourth-order valence-electron chi connectivity index (χ4n) is 1.97. The molecule has 1 N–H and O–H groups in total. The SMILES string of the molecule is CCOc1ccc(/C=N/NC(=O)c2ccccc2C(F)(F)F)cc1. The van der Waals surface area contributed by atoms with Gasteiger partial charge in [-0.2, -0.15) is 18.3 Å². The van der Waals surface area contributed by atoms with Crippen molar-refractivity contribution < 1.29 is 22.7 Å². The van der Waals surface area contributed by atoms with Crippen LogP contribution in [0.5, 0.6) is 5.75 Å². The fraction of sp³-hybridized carbons (Fsp3) is 0.176. The van der Waals surface area contributed by atoms with Crippen molar-refractivity contribution in [3.63, 3.8) is 0 Å². The van der Waals surface area contributed by atoms with Crippen LogP contribution in [0.15, 0.2) is 53.6 Å². The Bertz CT molecular complexity index is 725. The van der Waals surface area contributed by atoms with Crippen LogP contribution in [-0.4, -0.2) is 18.7 Å². The van der Waals surface area contributed by atoms with Gasteiger partial charge in [-0.05, 0) is 48.9 Å². The molecule has 4 nitrogen and oxygen atoms in total. The number of carbonyl (C=O) groups excluding carboxylic acids is 1. The Morgan fingerprint density at radius 2 is 1.83 bits per heavy atom. The number of hydrogen-bond donors (Lipinski definition) is 1. The van der Waals surface area contributed by atoms with E-state index >= 15 is 0 Å². The number of nitrogens with one attached hydrogen (secondary N) is 1. The molecule has 2 rings (SSSR count). The highest BCUT2D eigenvalue weighted by atomic mass is 19.4. The van der Waals surface area contributed by atoms with Crippen molar-refractivity contribution in [2.24, 2.45) is 5.10 Å². The normalized spacial score (nSPS) is 11.5. The summed E-state index contributed by atoms with van der Waals surface area (Å²) in [7, 11) is 0. The summed E-state index contributed by atoms with van der Waals surface area (Å²) < 4.78 is 43.9. The third-order valence-corrected chi connectivity index (χ3v) is 3.05. The summed E-state index contributed by atoms with van der Waals surface area (Å²) in [5, 5.41) is 3.68. The number of halogens is 3. The molecule has 0 saturated carbocycles. The zero-order valence-corrected chi connectivity index (χ0v) is 12.8. The second kappa shape index (κ2) is 7.63. The lowest BCUT2D eigenvalue weighted by atomic mass is 10.1. The van der Waals surface area contributed by atoms with E-state index in [-0.39, 0.29) is 0 Å². The average Bonchev–Trinajstić information content (AvgIpc) is 2.56. The van der Waals surface area contributed by atoms with Gasteiger partial charge in [0, 0.05) is 0 Å². The van der Waals surface area contributed by atoms with E-state index in [4.69, 9.17) is 4.74 Å². The molecule has 0 atom stereocenters. The smallest absolute Gasteiger partial charge is 0.417 e. The standard InChI is InChI=1S/C17H15F3N2O2/c1-2-24-13-9-7-12(8-10-13)11-21-22-16(23)14-5-3-4-6-15(14)17(18,19)20/h3-11H,2H2,1H3,(H,22,23)/b21-11+. The molecule has 126 valence electrons. The number of rotatable bonds is 5. The molecular formula is C17H15F3N2O2. The summed E-state index contributed by atoms with van der Waals surface area (Å²) in [6.45, 7) is 2.41. The zero-order chi connectivity index (χ0) is 17.6. The predicted octanol–water partition coefficient (Wildman–Crippen LogP) is 3.87. The molecule has 7 heteroatoms. The van der Waals surface area contributed by atoms with Crippen LogP contribution in [-0.2, 0) is 6.18 Å². The van der Waals surface area contributed by atoms with Gasteiger partial charge in [-0.25, -0.2) is 5.43 Å². The molecule has 2 aromatic carbocycles. The van der Waals surface area contributed by atoms with Gasteiger partial charge >= 0.3 is 6.18 Å². The largest absolute Gasteiger partial charge is 0.494 e. The molecule has 0 saturated heterocycles. The molecule has 0 aromatic heterocycles. The number of nitrogens with zero attached hydrogens (tertiary/aromatic N) is 1. The van der Waals surface area contributed by atoms with Crippen molar-refractivity contribution in [2.75, 3.05) is 6.61 Å². The molecular weight excluding hydrogens is 321 g/mol. The van der Waals surface area contributed by atoms with E-state index in [1.807, 2.05) is 6.92 Å². The van der Waals surface area contributed by atoms with Crippen molar-refractivity contribution in [3.05, 3.63) is 65.2 Å². The van der Waals surface area contributed by atoms with Crippen LogP contribution in [0.25, 0.3) is 0 Å². The molecule has 0 bridgehead atoms. The topological polar surface area (TPSA) is 50.7 Å². The number of carbonyl (C=O) groups is 1. The molecule has 0 spiro atoms. The Morgan fingerprint density at radius 1 is 1.17 bits per heavy atom. The van der Waals surface area contributed by atoms with E-state index in [1.165, 1.54) is 18.3 Å². The van der Waals surface area contributed by atoms with Gasteiger partial charge in [0.05, 0.1) is 23.9 Å². The predicted molar refractivity (Wildman–Crippen MR) is 84.1 cm³/mol. The lowest BCUT2D eigenvalue weighted by Crippen LogP contribution is -2.22. The van der Waals surface area contributed by atoms with Gasteiger partial charge in [-0.1, -0.05) is 12.1 Å². The summed E-state index contributed by atoms with van der Waals surface area (Å²) in [6.07, 6.45) is -3.27. The number of hydrazone groups is 1. The van der Waals surface area contributed by atoms with Crippen LogP contribution in [0.3, 0.4) is 0 Å². The number of amides is 1. The molecule has 0 aliphatic carbocycles. The Labute approximate surface area is 137 Å². The van der Waals surface area contributed by atoms with Crippen LogP contribution < -0.4 is 10.2 Å². The molecule has 0 aliphatic heterocycles. The molecule has 0 radical (unpaired) electrons. The minimum absolute atomic E-state index is 0.478. The average molecular weight is 336 g/mol. The second-order valence-electron chi connectivity index (χ2n) is 4.74. The fourth-order valence-corrected chi connectivity index (χ4v) is 1.97. The first-order chi connectivity index (χ1) is 11.4. The van der Waals surface area contributed by atoms with E-state index < -0.39 is 23.2 Å². The van der Waals surface area contributed by atoms with Crippen LogP contribution in [0, 0.1) is 0 Å². The molecule has 0 heterocycles. The highest BCUT2D eigenvalue weighted by Crippen LogP contribution is 2.31. The third kappa shape index (κ3) is 4.58. The van der Waals surface area contributed by atoms with Gasteiger partial charge in [0.25, 0.3) is 5.91 Å². The highest BCUT2D eigenvalue weighted by molar-refractivity contribution is 5.96. The number of ether oxygens (including phenoxy) is 1. The van der Waals surface area contributed by atoms with Crippen molar-refractivity contribution in [3.8, 4) is 5.75 Å². The lowest BCUT2D eigenvalue weighted by molar-refractivity contribution is -0.137. The summed E-state index contributed by atoms with van der Waals surface area (Å²) in [6, 6.07) is 11.4. The molecule has 0 fully saturated rings. The Hall–Kier alpha value is -2.83. The van der Waals surface area contributed by atoms with Crippen LogP contribution in [0.1, 0.15) is 28.4 Å². The maximum atomic E-state index is 12.9. The second-order valence-corrected chi connectivity index (χ2v) is 4.74. The van der Waals surface area contributed by atoms with E-state index in [0.29, 0.717) is 17.9 Å². The Morgan fingerprint density at radius 3 is 2.46 bits per heavy atom. The van der Waals surface area contributed by atoms with E-state index in [1.54, 1.807) is 24.3 Å². The molecule has 1 amide bonds. The first-order valence-corrected chi connectivity index (χ1v) is 7.14. The minimum Gasteiger partial charge on any atom is -0.494 e. The first-order valence-electron chi connectivity index (χ1n) is 7.14. The van der Waals surface area contributed by atoms with Crippen molar-refractivity contribution in [1.29, 1.82) is 0 Å². The van der Waals surface area contributed by atoms with Gasteiger partial charge in [0.2, 0.25) is 0 Å². The lowest BCUT2D eigenvalue weighted by Gasteiger charge is -2.10. The van der Waals surface area contributed by atoms with Gasteiger partial charge in [0.15, 0.2) is 0 Å². The van der Waals surface area contributed by atoms with Crippen molar-refractivity contribution in [1.82, 2.24) is 5.43 Å². The molecule has 0 aliphatic rings. The summed E-state index contributed by atoms with van der Waals surface area (Å²) in [5.74, 6) is -0.233. The summed E-state index contributed by atoms with van der Waals surface area (Å²) in [5.41, 5.74) is 1.29. The van der Waals surface area contributed by atoms with Crippen molar-refractivity contribution >= 4 is 12.1 Å². The number of benzene rings is 2. The maximum Gasteiger partial charge on any atom is 0.417 e. The van der Waals surface area contributed by atoms with Gasteiger partial charge < -0.3 is 4.74 Å². The minimum atomic E-state index is -4.60. The summed E-state index contributed by atoms with van der Waals surface area (Å²) in [4.78, 5) is 11.9. The number of alkyl halides is 3. The highest BCUT2D eigenvalue weighted by Gasteiger charge is 2.34. The Balaban J connectivity index is 2.05. The van der Waals surface area contributed by atoms with E-state index in [0.717, 1.165) is 12.1 Å². The van der Waals surface area contributed by atoms with Crippen molar-refractivity contribution in [2.45, 2.75) is 13.1 Å². The van der Waals surface area contributed by atoms with Crippen LogP contribution in [0.2, 0.25) is 0 Å². The van der Waals surface area contributed by atoms with Gasteiger partial charge in [-0.15, -0.1) is 0 Å². The molecule has 24 heavy (non-hydrogen) atoms. The summed E-state index contributed by atoms with van der Waals surface area (Å²) >= 11 is 0. The maximum absolute atomic E-state index is 12.9. The molecule has 2 aromatic rings.